The van der Waals surface area contributed by atoms with Gasteiger partial charge in [-0.15, -0.1) is 0 Å². The highest BCUT2D eigenvalue weighted by molar-refractivity contribution is 5.76. The lowest BCUT2D eigenvalue weighted by atomic mass is 10.0. The number of carbonyl (C=O) groups is 1. The van der Waals surface area contributed by atoms with E-state index >= 15 is 0 Å². The third kappa shape index (κ3) is 3.33. The lowest BCUT2D eigenvalue weighted by Gasteiger charge is -2.34. The maximum absolute atomic E-state index is 13.1. The van der Waals surface area contributed by atoms with Gasteiger partial charge < -0.3 is 9.80 Å². The largest absolute Gasteiger partial charge is 0.321 e. The average Bonchev–Trinajstić information content (AvgIpc) is 3.16. The Morgan fingerprint density at radius 1 is 1.11 bits per heavy atom. The van der Waals surface area contributed by atoms with Crippen LogP contribution in [0.15, 0.2) is 60.7 Å². The van der Waals surface area contributed by atoms with E-state index in [1.165, 1.54) is 0 Å². The van der Waals surface area contributed by atoms with Crippen LogP contribution in [0.4, 0.5) is 4.79 Å². The van der Waals surface area contributed by atoms with E-state index in [0.29, 0.717) is 13.1 Å². The number of hydrogen-bond donors (Lipinski definition) is 1. The minimum Gasteiger partial charge on any atom is -0.321 e. The second-order valence-corrected chi connectivity index (χ2v) is 7.05. The summed E-state index contributed by atoms with van der Waals surface area (Å²) in [5.41, 5.74) is 5.43. The average molecular weight is 360 g/mol. The van der Waals surface area contributed by atoms with Crippen molar-refractivity contribution in [1.29, 1.82) is 0 Å². The monoisotopic (exact) mass is 360 g/mol. The molecule has 1 aliphatic rings. The lowest BCUT2D eigenvalue weighted by Crippen LogP contribution is -2.44. The topological polar surface area (TPSA) is 52.2 Å². The Morgan fingerprint density at radius 3 is 2.48 bits per heavy atom. The molecule has 1 aliphatic heterocycles. The summed E-state index contributed by atoms with van der Waals surface area (Å²) in [4.78, 5) is 16.9. The highest BCUT2D eigenvalue weighted by atomic mass is 16.2. The summed E-state index contributed by atoms with van der Waals surface area (Å²) >= 11 is 0. The standard InChI is InChI=1S/C22H24N4O/c1-16(17-9-5-3-6-10-17)25(2)22(27)26-14-13-20-19(15-26)21(24-23-20)18-11-7-4-8-12-18/h3-12,16H,13-15H2,1-2H3,(H,23,24). The fourth-order valence-corrected chi connectivity index (χ4v) is 3.64. The van der Waals surface area contributed by atoms with Crippen LogP contribution in [0.3, 0.4) is 0 Å². The summed E-state index contributed by atoms with van der Waals surface area (Å²) in [6.45, 7) is 3.35. The molecular formula is C22H24N4O. The van der Waals surface area contributed by atoms with E-state index in [1.54, 1.807) is 0 Å². The van der Waals surface area contributed by atoms with E-state index < -0.39 is 0 Å². The smallest absolute Gasteiger partial charge is 0.320 e. The molecule has 1 aromatic heterocycles. The Morgan fingerprint density at radius 2 is 1.78 bits per heavy atom. The van der Waals surface area contributed by atoms with Gasteiger partial charge in [-0.25, -0.2) is 4.79 Å². The van der Waals surface area contributed by atoms with Crippen LogP contribution < -0.4 is 0 Å². The number of aromatic nitrogens is 2. The second kappa shape index (κ2) is 7.27. The molecule has 2 aromatic carbocycles. The maximum Gasteiger partial charge on any atom is 0.320 e. The molecule has 3 aromatic rings. The molecule has 138 valence electrons. The van der Waals surface area contributed by atoms with Gasteiger partial charge in [-0.2, -0.15) is 5.10 Å². The lowest BCUT2D eigenvalue weighted by molar-refractivity contribution is 0.144. The normalized spacial score (nSPS) is 14.5. The van der Waals surface area contributed by atoms with Crippen molar-refractivity contribution < 1.29 is 4.79 Å². The molecule has 0 saturated carbocycles. The van der Waals surface area contributed by atoms with Crippen LogP contribution in [0.1, 0.15) is 29.8 Å². The van der Waals surface area contributed by atoms with Crippen molar-refractivity contribution in [2.45, 2.75) is 25.9 Å². The molecule has 0 spiro atoms. The molecule has 0 aliphatic carbocycles. The van der Waals surface area contributed by atoms with E-state index in [0.717, 1.165) is 34.5 Å². The van der Waals surface area contributed by atoms with E-state index in [1.807, 2.05) is 53.2 Å². The van der Waals surface area contributed by atoms with Crippen molar-refractivity contribution in [2.24, 2.45) is 0 Å². The molecule has 27 heavy (non-hydrogen) atoms. The number of nitrogens with zero attached hydrogens (tertiary/aromatic N) is 3. The van der Waals surface area contributed by atoms with Gasteiger partial charge in [0.05, 0.1) is 18.3 Å². The van der Waals surface area contributed by atoms with Gasteiger partial charge in [0.25, 0.3) is 0 Å². The van der Waals surface area contributed by atoms with Crippen molar-refractivity contribution in [3.05, 3.63) is 77.5 Å². The van der Waals surface area contributed by atoms with Gasteiger partial charge in [0.1, 0.15) is 0 Å². The number of H-pyrrole nitrogens is 1. The number of carbonyl (C=O) groups excluding carboxylic acids is 1. The maximum atomic E-state index is 13.1. The van der Waals surface area contributed by atoms with Crippen molar-refractivity contribution in [3.8, 4) is 11.3 Å². The summed E-state index contributed by atoms with van der Waals surface area (Å²) in [5, 5.41) is 7.67. The zero-order valence-electron chi connectivity index (χ0n) is 15.7. The Hall–Kier alpha value is -3.08. The Bertz CT molecular complexity index is 920. The fourth-order valence-electron chi connectivity index (χ4n) is 3.64. The van der Waals surface area contributed by atoms with Gasteiger partial charge in [0.15, 0.2) is 0 Å². The number of hydrogen-bond acceptors (Lipinski definition) is 2. The van der Waals surface area contributed by atoms with Gasteiger partial charge in [-0.3, -0.25) is 5.10 Å². The molecular weight excluding hydrogens is 336 g/mol. The zero-order valence-corrected chi connectivity index (χ0v) is 15.7. The summed E-state index contributed by atoms with van der Waals surface area (Å²) in [7, 11) is 1.88. The van der Waals surface area contributed by atoms with E-state index in [4.69, 9.17) is 0 Å². The van der Waals surface area contributed by atoms with Crippen molar-refractivity contribution in [2.75, 3.05) is 13.6 Å². The summed E-state index contributed by atoms with van der Waals surface area (Å²) < 4.78 is 0. The van der Waals surface area contributed by atoms with E-state index in [-0.39, 0.29) is 12.1 Å². The van der Waals surface area contributed by atoms with E-state index in [2.05, 4.69) is 41.4 Å². The molecule has 1 unspecified atom stereocenters. The fraction of sp³-hybridized carbons (Fsp3) is 0.273. The minimum absolute atomic E-state index is 0.0260. The Kier molecular flexibility index (Phi) is 4.67. The Labute approximate surface area is 159 Å². The second-order valence-electron chi connectivity index (χ2n) is 7.05. The molecule has 5 nitrogen and oxygen atoms in total. The third-order valence-corrected chi connectivity index (χ3v) is 5.42. The number of benzene rings is 2. The summed E-state index contributed by atoms with van der Waals surface area (Å²) in [6.07, 6.45) is 0.800. The summed E-state index contributed by atoms with van der Waals surface area (Å²) in [6, 6.07) is 20.3. The molecule has 0 radical (unpaired) electrons. The van der Waals surface area contributed by atoms with Gasteiger partial charge in [-0.1, -0.05) is 60.7 Å². The van der Waals surface area contributed by atoms with Crippen LogP contribution in [-0.2, 0) is 13.0 Å². The molecule has 0 saturated heterocycles. The van der Waals surface area contributed by atoms with Gasteiger partial charge in [0.2, 0.25) is 0 Å². The van der Waals surface area contributed by atoms with Crippen LogP contribution in [0, 0.1) is 0 Å². The SMILES string of the molecule is CC(c1ccccc1)N(C)C(=O)N1CCc2[nH]nc(-c3ccccc3)c2C1. The number of urea groups is 1. The summed E-state index contributed by atoms with van der Waals surface area (Å²) in [5.74, 6) is 0. The number of rotatable bonds is 3. The molecule has 1 atom stereocenters. The molecule has 1 N–H and O–H groups in total. The number of aromatic amines is 1. The first kappa shape index (κ1) is 17.3. The highest BCUT2D eigenvalue weighted by Gasteiger charge is 2.29. The van der Waals surface area contributed by atoms with Crippen LogP contribution in [0.2, 0.25) is 0 Å². The van der Waals surface area contributed by atoms with Crippen LogP contribution in [0.25, 0.3) is 11.3 Å². The molecule has 5 heteroatoms. The van der Waals surface area contributed by atoms with Gasteiger partial charge >= 0.3 is 6.03 Å². The predicted octanol–water partition coefficient (Wildman–Crippen LogP) is 4.25. The van der Waals surface area contributed by atoms with Gasteiger partial charge in [-0.05, 0) is 12.5 Å². The third-order valence-electron chi connectivity index (χ3n) is 5.42. The van der Waals surface area contributed by atoms with Crippen molar-refractivity contribution in [1.82, 2.24) is 20.0 Å². The van der Waals surface area contributed by atoms with Crippen LogP contribution >= 0.6 is 0 Å². The number of nitrogens with one attached hydrogen (secondary N) is 1. The number of fused-ring (bicyclic) bond motifs is 1. The van der Waals surface area contributed by atoms with Crippen molar-refractivity contribution in [3.63, 3.8) is 0 Å². The van der Waals surface area contributed by atoms with Crippen molar-refractivity contribution >= 4 is 6.03 Å². The molecule has 0 fully saturated rings. The molecule has 2 heterocycles. The molecule has 2 amide bonds. The van der Waals surface area contributed by atoms with Crippen LogP contribution in [0.5, 0.6) is 0 Å². The number of amides is 2. The highest BCUT2D eigenvalue weighted by Crippen LogP contribution is 2.29. The first-order valence-electron chi connectivity index (χ1n) is 9.33. The first-order chi connectivity index (χ1) is 13.1. The first-order valence-corrected chi connectivity index (χ1v) is 9.33. The molecule has 4 rings (SSSR count). The minimum atomic E-state index is 0.0260. The zero-order chi connectivity index (χ0) is 18.8. The predicted molar refractivity (Wildman–Crippen MR) is 106 cm³/mol. The Balaban J connectivity index is 1.54. The quantitative estimate of drug-likeness (QED) is 0.759. The van der Waals surface area contributed by atoms with Gasteiger partial charge in [0, 0.05) is 36.8 Å². The van der Waals surface area contributed by atoms with Crippen LogP contribution in [-0.4, -0.2) is 39.6 Å². The van der Waals surface area contributed by atoms with E-state index in [9.17, 15) is 4.79 Å². The molecule has 0 bridgehead atoms.